The van der Waals surface area contributed by atoms with Gasteiger partial charge >= 0.3 is 0 Å². The summed E-state index contributed by atoms with van der Waals surface area (Å²) >= 11 is 13.2. The largest absolute Gasteiger partial charge is 0.373 e. The van der Waals surface area contributed by atoms with E-state index in [1.807, 2.05) is 19.1 Å². The number of carbonyl (C=O) groups is 1. The minimum absolute atomic E-state index is 0.120. The van der Waals surface area contributed by atoms with Crippen LogP contribution in [0.3, 0.4) is 0 Å². The van der Waals surface area contributed by atoms with Crippen molar-refractivity contribution in [2.24, 2.45) is 0 Å². The van der Waals surface area contributed by atoms with Crippen LogP contribution in [0, 0.1) is 0 Å². The van der Waals surface area contributed by atoms with Crippen molar-refractivity contribution in [2.45, 2.75) is 13.0 Å². The van der Waals surface area contributed by atoms with Crippen LogP contribution in [0.4, 0.5) is 5.82 Å². The smallest absolute Gasteiger partial charge is 0.252 e. The molecule has 0 aliphatic carbocycles. The second-order valence-corrected chi connectivity index (χ2v) is 6.28. The molecule has 4 nitrogen and oxygen atoms in total. The molecule has 0 aromatic carbocycles. The molecule has 0 aliphatic heterocycles. The Morgan fingerprint density at radius 3 is 2.70 bits per heavy atom. The number of thiophene rings is 1. The number of carbonyl (C=O) groups excluding carboxylic acids is 1. The summed E-state index contributed by atoms with van der Waals surface area (Å²) in [5.74, 6) is 0.345. The molecule has 0 bridgehead atoms. The average Bonchev–Trinajstić information content (AvgIpc) is 2.84. The van der Waals surface area contributed by atoms with Crippen LogP contribution in [0.1, 0.15) is 28.2 Å². The number of nitrogens with one attached hydrogen (secondary N) is 2. The highest BCUT2D eigenvalue weighted by atomic mass is 35.5. The molecule has 1 atom stereocenters. The predicted molar refractivity (Wildman–Crippen MR) is 84.0 cm³/mol. The fourth-order valence-electron chi connectivity index (χ4n) is 1.67. The zero-order chi connectivity index (χ0) is 14.7. The van der Waals surface area contributed by atoms with E-state index in [2.05, 4.69) is 15.6 Å². The summed E-state index contributed by atoms with van der Waals surface area (Å²) in [6, 6.07) is 6.77. The summed E-state index contributed by atoms with van der Waals surface area (Å²) in [4.78, 5) is 17.2. The van der Waals surface area contributed by atoms with Gasteiger partial charge in [-0.2, -0.15) is 0 Å². The summed E-state index contributed by atoms with van der Waals surface area (Å²) < 4.78 is 0.700. The van der Waals surface area contributed by atoms with Gasteiger partial charge in [0, 0.05) is 17.5 Å². The maximum absolute atomic E-state index is 12.2. The molecule has 0 radical (unpaired) electrons. The van der Waals surface area contributed by atoms with Crippen molar-refractivity contribution in [3.63, 3.8) is 0 Å². The van der Waals surface area contributed by atoms with Crippen molar-refractivity contribution in [3.05, 3.63) is 44.2 Å². The lowest BCUT2D eigenvalue weighted by molar-refractivity contribution is 0.0940. The molecule has 2 aromatic rings. The first kappa shape index (κ1) is 15.1. The van der Waals surface area contributed by atoms with Gasteiger partial charge in [-0.15, -0.1) is 11.3 Å². The number of halogens is 2. The Morgan fingerprint density at radius 1 is 1.35 bits per heavy atom. The molecule has 1 amide bonds. The van der Waals surface area contributed by atoms with Crippen LogP contribution in [-0.2, 0) is 0 Å². The van der Waals surface area contributed by atoms with Crippen molar-refractivity contribution in [1.82, 2.24) is 10.3 Å². The molecule has 1 unspecified atom stereocenters. The third-order valence-corrected chi connectivity index (χ3v) is 4.29. The Kier molecular flexibility index (Phi) is 4.86. The summed E-state index contributed by atoms with van der Waals surface area (Å²) in [5, 5.41) is 6.04. The summed E-state index contributed by atoms with van der Waals surface area (Å²) in [5.41, 5.74) is 0.462. The molecule has 2 N–H and O–H groups in total. The average molecular weight is 330 g/mol. The highest BCUT2D eigenvalue weighted by molar-refractivity contribution is 7.16. The van der Waals surface area contributed by atoms with Crippen LogP contribution < -0.4 is 10.6 Å². The molecule has 0 saturated carbocycles. The van der Waals surface area contributed by atoms with Crippen LogP contribution in [0.25, 0.3) is 0 Å². The van der Waals surface area contributed by atoms with E-state index in [1.165, 1.54) is 17.4 Å². The Hall–Kier alpha value is -1.30. The molecule has 0 spiro atoms. The fourth-order valence-corrected chi connectivity index (χ4v) is 2.94. The van der Waals surface area contributed by atoms with E-state index >= 15 is 0 Å². The topological polar surface area (TPSA) is 54.0 Å². The maximum Gasteiger partial charge on any atom is 0.252 e. The van der Waals surface area contributed by atoms with Gasteiger partial charge in [-0.1, -0.05) is 23.2 Å². The second-order valence-electron chi connectivity index (χ2n) is 4.15. The van der Waals surface area contributed by atoms with Gasteiger partial charge in [0.05, 0.1) is 10.4 Å². The molecule has 2 heterocycles. The predicted octanol–water partition coefficient (Wildman–Crippen LogP) is 3.98. The Labute approximate surface area is 131 Å². The fraction of sp³-hybridized carbons (Fsp3) is 0.231. The number of hydrogen-bond acceptors (Lipinski definition) is 4. The molecule has 2 aromatic heterocycles. The van der Waals surface area contributed by atoms with E-state index in [0.29, 0.717) is 15.7 Å². The summed E-state index contributed by atoms with van der Waals surface area (Å²) in [6.07, 6.45) is 0. The molecule has 0 saturated heterocycles. The molecule has 106 valence electrons. The third kappa shape index (κ3) is 3.62. The van der Waals surface area contributed by atoms with Crippen molar-refractivity contribution < 1.29 is 4.79 Å². The van der Waals surface area contributed by atoms with E-state index in [0.717, 1.165) is 4.88 Å². The Bertz CT molecular complexity index is 630. The highest BCUT2D eigenvalue weighted by Gasteiger charge is 2.14. The molecular weight excluding hydrogens is 317 g/mol. The number of anilines is 1. The maximum atomic E-state index is 12.2. The van der Waals surface area contributed by atoms with Crippen molar-refractivity contribution in [2.75, 3.05) is 12.4 Å². The van der Waals surface area contributed by atoms with Gasteiger partial charge < -0.3 is 10.6 Å². The minimum atomic E-state index is -0.206. The van der Waals surface area contributed by atoms with E-state index in [1.54, 1.807) is 13.1 Å². The number of hydrogen-bond donors (Lipinski definition) is 2. The molecule has 2 rings (SSSR count). The number of rotatable bonds is 4. The van der Waals surface area contributed by atoms with E-state index in [4.69, 9.17) is 23.2 Å². The summed E-state index contributed by atoms with van der Waals surface area (Å²) in [7, 11) is 1.72. The van der Waals surface area contributed by atoms with Crippen LogP contribution in [0.2, 0.25) is 9.49 Å². The third-order valence-electron chi connectivity index (χ3n) is 2.68. The lowest BCUT2D eigenvalue weighted by Crippen LogP contribution is -2.26. The lowest BCUT2D eigenvalue weighted by Gasteiger charge is -2.13. The normalized spacial score (nSPS) is 12.0. The van der Waals surface area contributed by atoms with Crippen molar-refractivity contribution in [1.29, 1.82) is 0 Å². The number of amides is 1. The highest BCUT2D eigenvalue weighted by Crippen LogP contribution is 2.27. The summed E-state index contributed by atoms with van der Waals surface area (Å²) in [6.45, 7) is 1.90. The van der Waals surface area contributed by atoms with Gasteiger partial charge in [-0.3, -0.25) is 4.79 Å². The Balaban J connectivity index is 2.13. The van der Waals surface area contributed by atoms with Crippen molar-refractivity contribution in [3.8, 4) is 0 Å². The van der Waals surface area contributed by atoms with Gasteiger partial charge in [-0.25, -0.2) is 4.98 Å². The molecule has 20 heavy (non-hydrogen) atoms. The first-order valence-corrected chi connectivity index (χ1v) is 7.48. The van der Waals surface area contributed by atoms with Crippen LogP contribution in [0.5, 0.6) is 0 Å². The lowest BCUT2D eigenvalue weighted by atomic mass is 10.2. The second kappa shape index (κ2) is 6.43. The van der Waals surface area contributed by atoms with Crippen LogP contribution >= 0.6 is 34.5 Å². The van der Waals surface area contributed by atoms with E-state index in [9.17, 15) is 4.79 Å². The van der Waals surface area contributed by atoms with E-state index < -0.39 is 0 Å². The van der Waals surface area contributed by atoms with Gasteiger partial charge in [-0.05, 0) is 31.2 Å². The molecule has 0 aliphatic rings. The SMILES string of the molecule is CNc1cc(C(=O)NC(C)c2ccc(Cl)s2)cc(Cl)n1. The van der Waals surface area contributed by atoms with Gasteiger partial charge in [0.2, 0.25) is 0 Å². The zero-order valence-corrected chi connectivity index (χ0v) is 13.2. The number of pyridine rings is 1. The quantitative estimate of drug-likeness (QED) is 0.834. The van der Waals surface area contributed by atoms with Gasteiger partial charge in [0.15, 0.2) is 0 Å². The number of aromatic nitrogens is 1. The molecular formula is C13H13Cl2N3OS. The molecule has 7 heteroatoms. The number of nitrogens with zero attached hydrogens (tertiary/aromatic N) is 1. The van der Waals surface area contributed by atoms with Crippen molar-refractivity contribution >= 4 is 46.3 Å². The Morgan fingerprint density at radius 2 is 2.10 bits per heavy atom. The monoisotopic (exact) mass is 329 g/mol. The zero-order valence-electron chi connectivity index (χ0n) is 10.9. The first-order chi connectivity index (χ1) is 9.49. The first-order valence-electron chi connectivity index (χ1n) is 5.91. The minimum Gasteiger partial charge on any atom is -0.373 e. The molecule has 0 fully saturated rings. The van der Waals surface area contributed by atoms with E-state index in [-0.39, 0.29) is 17.1 Å². The van der Waals surface area contributed by atoms with Gasteiger partial charge in [0.25, 0.3) is 5.91 Å². The van der Waals surface area contributed by atoms with Crippen LogP contribution in [0.15, 0.2) is 24.3 Å². The van der Waals surface area contributed by atoms with Crippen LogP contribution in [-0.4, -0.2) is 17.9 Å². The standard InChI is InChI=1S/C13H13Cl2N3OS/c1-7(9-3-4-11(15)20-9)17-13(19)8-5-10(14)18-12(6-8)16-2/h3-7H,1-2H3,(H,16,18)(H,17,19). The van der Waals surface area contributed by atoms with Gasteiger partial charge in [0.1, 0.15) is 11.0 Å².